The molecule has 1 aromatic carbocycles. The van der Waals surface area contributed by atoms with Crippen LogP contribution in [0.5, 0.6) is 0 Å². The lowest BCUT2D eigenvalue weighted by molar-refractivity contribution is 0.216. The van der Waals surface area contributed by atoms with E-state index < -0.39 is 0 Å². The van der Waals surface area contributed by atoms with Crippen molar-refractivity contribution < 1.29 is 0 Å². The Balaban J connectivity index is 2.05. The van der Waals surface area contributed by atoms with Crippen molar-refractivity contribution in [3.63, 3.8) is 0 Å². The van der Waals surface area contributed by atoms with Crippen LogP contribution in [0.25, 0.3) is 0 Å². The Morgan fingerprint density at radius 3 is 2.62 bits per heavy atom. The van der Waals surface area contributed by atoms with Crippen LogP contribution in [0.1, 0.15) is 45.1 Å². The number of hydrogen-bond donors (Lipinski definition) is 1. The minimum absolute atomic E-state index is 0.196. The highest BCUT2D eigenvalue weighted by atomic mass is 15.1. The fourth-order valence-electron chi connectivity index (χ4n) is 3.76. The van der Waals surface area contributed by atoms with Crippen molar-refractivity contribution in [2.45, 2.75) is 44.9 Å². The summed E-state index contributed by atoms with van der Waals surface area (Å²) < 4.78 is 0. The van der Waals surface area contributed by atoms with E-state index in [1.54, 1.807) is 0 Å². The zero-order valence-corrected chi connectivity index (χ0v) is 14.1. The van der Waals surface area contributed by atoms with Gasteiger partial charge >= 0.3 is 0 Å². The van der Waals surface area contributed by atoms with Crippen LogP contribution >= 0.6 is 0 Å². The van der Waals surface area contributed by atoms with Gasteiger partial charge < -0.3 is 10.2 Å². The summed E-state index contributed by atoms with van der Waals surface area (Å²) in [5.74, 6) is 0.947. The molecule has 1 aromatic rings. The van der Waals surface area contributed by atoms with E-state index in [1.807, 2.05) is 0 Å². The molecule has 0 bridgehead atoms. The third-order valence-electron chi connectivity index (χ3n) is 5.13. The van der Waals surface area contributed by atoms with E-state index in [2.05, 4.69) is 61.4 Å². The molecule has 1 fully saturated rings. The molecule has 0 aromatic heterocycles. The summed E-state index contributed by atoms with van der Waals surface area (Å²) in [6.45, 7) is 9.47. The first kappa shape index (κ1) is 16.5. The first-order valence-corrected chi connectivity index (χ1v) is 8.60. The molecule has 1 aliphatic heterocycles. The van der Waals surface area contributed by atoms with Crippen molar-refractivity contribution in [2.75, 3.05) is 33.2 Å². The van der Waals surface area contributed by atoms with E-state index >= 15 is 0 Å². The molecule has 2 heteroatoms. The highest BCUT2D eigenvalue weighted by Gasteiger charge is 2.29. The fourth-order valence-corrected chi connectivity index (χ4v) is 3.76. The highest BCUT2D eigenvalue weighted by molar-refractivity contribution is 5.25. The molecule has 21 heavy (non-hydrogen) atoms. The predicted octanol–water partition coefficient (Wildman–Crippen LogP) is 3.68. The largest absolute Gasteiger partial charge is 0.319 e. The number of nitrogens with one attached hydrogen (secondary N) is 1. The van der Waals surface area contributed by atoms with E-state index in [0.717, 1.165) is 19.0 Å². The summed E-state index contributed by atoms with van der Waals surface area (Å²) in [6, 6.07) is 11.0. The molecule has 1 heterocycles. The first-order chi connectivity index (χ1) is 10.2. The second-order valence-corrected chi connectivity index (χ2v) is 6.94. The van der Waals surface area contributed by atoms with E-state index in [9.17, 15) is 0 Å². The lowest BCUT2D eigenvalue weighted by Crippen LogP contribution is -2.45. The van der Waals surface area contributed by atoms with Gasteiger partial charge in [-0.15, -0.1) is 0 Å². The summed E-state index contributed by atoms with van der Waals surface area (Å²) in [5, 5.41) is 3.41. The Bertz CT molecular complexity index is 403. The van der Waals surface area contributed by atoms with Crippen LogP contribution in [0, 0.1) is 5.92 Å². The molecule has 0 radical (unpaired) electrons. The van der Waals surface area contributed by atoms with Gasteiger partial charge in [-0.25, -0.2) is 0 Å². The first-order valence-electron chi connectivity index (χ1n) is 8.60. The van der Waals surface area contributed by atoms with Crippen LogP contribution in [-0.4, -0.2) is 38.1 Å². The van der Waals surface area contributed by atoms with Gasteiger partial charge in [0.05, 0.1) is 0 Å². The normalized spacial score (nSPS) is 23.5. The minimum Gasteiger partial charge on any atom is -0.319 e. The van der Waals surface area contributed by atoms with Gasteiger partial charge in [0.25, 0.3) is 0 Å². The van der Waals surface area contributed by atoms with Gasteiger partial charge in [-0.3, -0.25) is 0 Å². The standard InChI is InChI=1S/C19H32N2/c1-4-17-9-8-13-21(14-12-17)16-19(2,15-20-3)18-10-6-5-7-11-18/h5-7,10-11,17,20H,4,8-9,12-16H2,1-3H3. The maximum atomic E-state index is 3.41. The summed E-state index contributed by atoms with van der Waals surface area (Å²) in [4.78, 5) is 2.69. The molecule has 2 nitrogen and oxygen atoms in total. The number of hydrogen-bond acceptors (Lipinski definition) is 2. The minimum atomic E-state index is 0.196. The van der Waals surface area contributed by atoms with Gasteiger partial charge in [-0.1, -0.05) is 50.6 Å². The van der Waals surface area contributed by atoms with E-state index in [0.29, 0.717) is 0 Å². The van der Waals surface area contributed by atoms with Crippen molar-refractivity contribution in [2.24, 2.45) is 5.92 Å². The third-order valence-corrected chi connectivity index (χ3v) is 5.13. The molecule has 0 saturated carbocycles. The van der Waals surface area contributed by atoms with Crippen LogP contribution < -0.4 is 5.32 Å². The van der Waals surface area contributed by atoms with Gasteiger partial charge in [-0.05, 0) is 50.9 Å². The number of likely N-dealkylation sites (N-methyl/N-ethyl adjacent to an activating group) is 1. The average molecular weight is 288 g/mol. The molecule has 1 N–H and O–H groups in total. The lowest BCUT2D eigenvalue weighted by atomic mass is 9.81. The Labute approximate surface area is 130 Å². The van der Waals surface area contributed by atoms with Crippen LogP contribution in [0.2, 0.25) is 0 Å². The zero-order valence-electron chi connectivity index (χ0n) is 14.1. The predicted molar refractivity (Wildman–Crippen MR) is 91.8 cm³/mol. The van der Waals surface area contributed by atoms with Crippen LogP contribution in [0.3, 0.4) is 0 Å². The van der Waals surface area contributed by atoms with Gasteiger partial charge in [0.15, 0.2) is 0 Å². The van der Waals surface area contributed by atoms with Crippen LogP contribution in [0.15, 0.2) is 30.3 Å². The molecule has 118 valence electrons. The number of nitrogens with zero attached hydrogens (tertiary/aromatic N) is 1. The summed E-state index contributed by atoms with van der Waals surface area (Å²) in [5.41, 5.74) is 1.65. The number of rotatable bonds is 6. The average Bonchev–Trinajstić information content (AvgIpc) is 2.73. The van der Waals surface area contributed by atoms with Gasteiger partial charge in [-0.2, -0.15) is 0 Å². The third kappa shape index (κ3) is 4.55. The molecule has 2 rings (SSSR count). The molecule has 0 aliphatic carbocycles. The van der Waals surface area contributed by atoms with Crippen LogP contribution in [-0.2, 0) is 5.41 Å². The van der Waals surface area contributed by atoms with Crippen molar-refractivity contribution >= 4 is 0 Å². The van der Waals surface area contributed by atoms with Crippen molar-refractivity contribution in [3.05, 3.63) is 35.9 Å². The molecular weight excluding hydrogens is 256 g/mol. The highest BCUT2D eigenvalue weighted by Crippen LogP contribution is 2.27. The van der Waals surface area contributed by atoms with Gasteiger partial charge in [0.2, 0.25) is 0 Å². The van der Waals surface area contributed by atoms with Gasteiger partial charge in [0, 0.05) is 18.5 Å². The Morgan fingerprint density at radius 1 is 1.19 bits per heavy atom. The van der Waals surface area contributed by atoms with Crippen molar-refractivity contribution in [1.29, 1.82) is 0 Å². The molecule has 0 spiro atoms. The molecule has 2 unspecified atom stereocenters. The molecule has 2 atom stereocenters. The van der Waals surface area contributed by atoms with Crippen molar-refractivity contribution in [3.8, 4) is 0 Å². The second-order valence-electron chi connectivity index (χ2n) is 6.94. The van der Waals surface area contributed by atoms with E-state index in [-0.39, 0.29) is 5.41 Å². The number of benzene rings is 1. The summed E-state index contributed by atoms with van der Waals surface area (Å²) in [7, 11) is 2.07. The van der Waals surface area contributed by atoms with Gasteiger partial charge in [0.1, 0.15) is 0 Å². The zero-order chi connectivity index (χ0) is 15.1. The monoisotopic (exact) mass is 288 g/mol. The van der Waals surface area contributed by atoms with Crippen molar-refractivity contribution in [1.82, 2.24) is 10.2 Å². The lowest BCUT2D eigenvalue weighted by Gasteiger charge is -2.36. The molecule has 1 saturated heterocycles. The Kier molecular flexibility index (Phi) is 6.25. The van der Waals surface area contributed by atoms with Crippen LogP contribution in [0.4, 0.5) is 0 Å². The molecule has 0 amide bonds. The molecular formula is C19H32N2. The smallest absolute Gasteiger partial charge is 0.0176 e. The van der Waals surface area contributed by atoms with E-state index in [4.69, 9.17) is 0 Å². The number of likely N-dealkylation sites (tertiary alicyclic amines) is 1. The quantitative estimate of drug-likeness (QED) is 0.859. The fraction of sp³-hybridized carbons (Fsp3) is 0.684. The topological polar surface area (TPSA) is 15.3 Å². The Hall–Kier alpha value is -0.860. The maximum Gasteiger partial charge on any atom is 0.0176 e. The second kappa shape index (κ2) is 7.95. The Morgan fingerprint density at radius 2 is 1.95 bits per heavy atom. The molecule has 1 aliphatic rings. The summed E-state index contributed by atoms with van der Waals surface area (Å²) >= 11 is 0. The SMILES string of the molecule is CCC1CCCN(CC(C)(CNC)c2ccccc2)CC1. The van der Waals surface area contributed by atoms with E-state index in [1.165, 1.54) is 44.3 Å². The maximum absolute atomic E-state index is 3.41. The summed E-state index contributed by atoms with van der Waals surface area (Å²) in [6.07, 6.45) is 5.51.